The second-order valence-electron chi connectivity index (χ2n) is 3.88. The molecule has 1 rings (SSSR count). The smallest absolute Gasteiger partial charge is 0.226 e. The largest absolute Gasteiger partial charge is 0.379 e. The van der Waals surface area contributed by atoms with Crippen molar-refractivity contribution in [3.8, 4) is 0 Å². The van der Waals surface area contributed by atoms with Gasteiger partial charge in [-0.25, -0.2) is 0 Å². The van der Waals surface area contributed by atoms with Gasteiger partial charge in [0.1, 0.15) is 0 Å². The van der Waals surface area contributed by atoms with Gasteiger partial charge in [0, 0.05) is 23.9 Å². The molecule has 0 fully saturated rings. The molecule has 18 heavy (non-hydrogen) atoms. The van der Waals surface area contributed by atoms with E-state index in [1.807, 2.05) is 18.2 Å². The van der Waals surface area contributed by atoms with Crippen molar-refractivity contribution in [2.75, 3.05) is 32.1 Å². The highest BCUT2D eigenvalue weighted by atomic mass is 79.9. The van der Waals surface area contributed by atoms with Crippen molar-refractivity contribution in [1.82, 2.24) is 4.90 Å². The van der Waals surface area contributed by atoms with Crippen molar-refractivity contribution in [3.05, 3.63) is 34.9 Å². The van der Waals surface area contributed by atoms with E-state index in [1.54, 1.807) is 18.0 Å². The van der Waals surface area contributed by atoms with E-state index in [-0.39, 0.29) is 5.91 Å². The van der Waals surface area contributed by atoms with Crippen LogP contribution in [0.1, 0.15) is 5.56 Å². The maximum atomic E-state index is 11.9. The van der Waals surface area contributed by atoms with Gasteiger partial charge in [0.25, 0.3) is 0 Å². The molecule has 0 spiro atoms. The van der Waals surface area contributed by atoms with Gasteiger partial charge in [0.05, 0.1) is 19.6 Å². The van der Waals surface area contributed by atoms with Crippen molar-refractivity contribution in [1.29, 1.82) is 0 Å². The van der Waals surface area contributed by atoms with Gasteiger partial charge in [-0.1, -0.05) is 45.7 Å². The lowest BCUT2D eigenvalue weighted by atomic mass is 10.1. The van der Waals surface area contributed by atoms with E-state index in [4.69, 9.17) is 16.3 Å². The Balaban J connectivity index is 2.38. The highest BCUT2D eigenvalue weighted by Gasteiger charge is 2.11. The molecule has 0 radical (unpaired) electrons. The molecule has 0 heterocycles. The fourth-order valence-corrected chi connectivity index (χ4v) is 1.85. The summed E-state index contributed by atoms with van der Waals surface area (Å²) >= 11 is 9.30. The summed E-state index contributed by atoms with van der Waals surface area (Å²) in [5.74, 6) is 0.0468. The summed E-state index contributed by atoms with van der Waals surface area (Å²) in [4.78, 5) is 13.6. The molecule has 0 bridgehead atoms. The molecular formula is C13H17BrClNO2. The van der Waals surface area contributed by atoms with Gasteiger partial charge in [0.15, 0.2) is 0 Å². The van der Waals surface area contributed by atoms with Crippen LogP contribution in [0.5, 0.6) is 0 Å². The van der Waals surface area contributed by atoms with Crippen molar-refractivity contribution in [2.24, 2.45) is 0 Å². The Morgan fingerprint density at radius 1 is 1.39 bits per heavy atom. The summed E-state index contributed by atoms with van der Waals surface area (Å²) in [5.41, 5.74) is 0.859. The first-order valence-corrected chi connectivity index (χ1v) is 7.26. The van der Waals surface area contributed by atoms with Crippen LogP contribution in [0, 0.1) is 0 Å². The van der Waals surface area contributed by atoms with E-state index < -0.39 is 0 Å². The number of carbonyl (C=O) groups excluding carboxylic acids is 1. The zero-order chi connectivity index (χ0) is 13.4. The van der Waals surface area contributed by atoms with Crippen LogP contribution in [0.4, 0.5) is 0 Å². The summed E-state index contributed by atoms with van der Waals surface area (Å²) in [6.07, 6.45) is 0.328. The molecule has 1 aromatic carbocycles. The number of nitrogens with zero attached hydrogens (tertiary/aromatic N) is 1. The Morgan fingerprint density at radius 3 is 2.78 bits per heavy atom. The number of likely N-dealkylation sites (N-methyl/N-ethyl adjacent to an activating group) is 1. The summed E-state index contributed by atoms with van der Waals surface area (Å²) in [5, 5.41) is 1.44. The maximum absolute atomic E-state index is 11.9. The van der Waals surface area contributed by atoms with Crippen molar-refractivity contribution in [3.63, 3.8) is 0 Å². The third-order valence-corrected chi connectivity index (χ3v) is 3.21. The minimum Gasteiger partial charge on any atom is -0.379 e. The molecule has 0 N–H and O–H groups in total. The molecule has 100 valence electrons. The van der Waals surface area contributed by atoms with Gasteiger partial charge in [-0.2, -0.15) is 0 Å². The molecule has 3 nitrogen and oxygen atoms in total. The van der Waals surface area contributed by atoms with Crippen LogP contribution in [-0.2, 0) is 16.0 Å². The first-order chi connectivity index (χ1) is 8.65. The minimum absolute atomic E-state index is 0.0468. The molecule has 0 unspecified atom stereocenters. The van der Waals surface area contributed by atoms with Gasteiger partial charge in [-0.05, 0) is 11.6 Å². The third-order valence-electron chi connectivity index (χ3n) is 2.52. The SMILES string of the molecule is CN(CCOCCBr)C(=O)Cc1ccccc1Cl. The van der Waals surface area contributed by atoms with Crippen molar-refractivity contribution >= 4 is 33.4 Å². The highest BCUT2D eigenvalue weighted by Crippen LogP contribution is 2.15. The van der Waals surface area contributed by atoms with Crippen LogP contribution in [0.15, 0.2) is 24.3 Å². The maximum Gasteiger partial charge on any atom is 0.226 e. The number of amides is 1. The van der Waals surface area contributed by atoms with Gasteiger partial charge in [0.2, 0.25) is 5.91 Å². The average Bonchev–Trinajstić information content (AvgIpc) is 2.37. The lowest BCUT2D eigenvalue weighted by molar-refractivity contribution is -0.129. The van der Waals surface area contributed by atoms with Crippen LogP contribution in [0.3, 0.4) is 0 Å². The Morgan fingerprint density at radius 2 is 2.11 bits per heavy atom. The summed E-state index contributed by atoms with van der Waals surface area (Å²) in [6, 6.07) is 7.40. The Hall–Kier alpha value is -0.580. The summed E-state index contributed by atoms with van der Waals surface area (Å²) in [6.45, 7) is 1.80. The number of hydrogen-bond acceptors (Lipinski definition) is 2. The van der Waals surface area contributed by atoms with Crippen LogP contribution in [0.25, 0.3) is 0 Å². The van der Waals surface area contributed by atoms with E-state index in [2.05, 4.69) is 15.9 Å². The number of ether oxygens (including phenoxy) is 1. The fourth-order valence-electron chi connectivity index (χ4n) is 1.42. The molecule has 1 aromatic rings. The predicted octanol–water partition coefficient (Wildman–Crippen LogP) is 2.75. The second kappa shape index (κ2) is 8.51. The molecule has 1 amide bonds. The third kappa shape index (κ3) is 5.38. The monoisotopic (exact) mass is 333 g/mol. The zero-order valence-electron chi connectivity index (χ0n) is 10.4. The molecule has 0 aliphatic heterocycles. The van der Waals surface area contributed by atoms with Crippen LogP contribution in [-0.4, -0.2) is 42.9 Å². The molecule has 0 saturated heterocycles. The molecular weight excluding hydrogens is 318 g/mol. The Kier molecular flexibility index (Phi) is 7.32. The van der Waals surface area contributed by atoms with Crippen molar-refractivity contribution < 1.29 is 9.53 Å². The Labute approximate surface area is 121 Å². The normalized spacial score (nSPS) is 10.4. The van der Waals surface area contributed by atoms with Gasteiger partial charge < -0.3 is 9.64 Å². The van der Waals surface area contributed by atoms with Crippen LogP contribution in [0.2, 0.25) is 5.02 Å². The molecule has 0 aliphatic carbocycles. The van der Waals surface area contributed by atoms with Gasteiger partial charge >= 0.3 is 0 Å². The number of alkyl halides is 1. The van der Waals surface area contributed by atoms with Crippen LogP contribution >= 0.6 is 27.5 Å². The van der Waals surface area contributed by atoms with Gasteiger partial charge in [-0.15, -0.1) is 0 Å². The number of carbonyl (C=O) groups is 1. The first kappa shape index (κ1) is 15.5. The predicted molar refractivity (Wildman–Crippen MR) is 77.4 cm³/mol. The minimum atomic E-state index is 0.0468. The second-order valence-corrected chi connectivity index (χ2v) is 5.09. The number of benzene rings is 1. The quantitative estimate of drug-likeness (QED) is 0.567. The van der Waals surface area contributed by atoms with E-state index in [0.717, 1.165) is 10.9 Å². The van der Waals surface area contributed by atoms with E-state index in [1.165, 1.54) is 0 Å². The lowest BCUT2D eigenvalue weighted by Crippen LogP contribution is -2.31. The molecule has 0 aromatic heterocycles. The number of halogens is 2. The van der Waals surface area contributed by atoms with E-state index >= 15 is 0 Å². The highest BCUT2D eigenvalue weighted by molar-refractivity contribution is 9.09. The molecule has 0 atom stereocenters. The topological polar surface area (TPSA) is 29.5 Å². The lowest BCUT2D eigenvalue weighted by Gasteiger charge is -2.17. The average molecular weight is 335 g/mol. The molecule has 0 saturated carbocycles. The molecule has 0 aliphatic rings. The summed E-state index contributed by atoms with van der Waals surface area (Å²) < 4.78 is 5.31. The standard InChI is InChI=1S/C13H17BrClNO2/c1-16(7-9-18-8-6-14)13(17)10-11-4-2-3-5-12(11)15/h2-5H,6-10H2,1H3. The van der Waals surface area contributed by atoms with E-state index in [9.17, 15) is 4.79 Å². The molecule has 5 heteroatoms. The van der Waals surface area contributed by atoms with Gasteiger partial charge in [-0.3, -0.25) is 4.79 Å². The number of hydrogen-bond donors (Lipinski definition) is 0. The number of rotatable bonds is 7. The van der Waals surface area contributed by atoms with Crippen LogP contribution < -0.4 is 0 Å². The fraction of sp³-hybridized carbons (Fsp3) is 0.462. The van der Waals surface area contributed by atoms with E-state index in [0.29, 0.717) is 31.2 Å². The zero-order valence-corrected chi connectivity index (χ0v) is 12.7. The van der Waals surface area contributed by atoms with Crippen molar-refractivity contribution in [2.45, 2.75) is 6.42 Å². The summed E-state index contributed by atoms with van der Waals surface area (Å²) in [7, 11) is 1.77. The Bertz CT molecular complexity index is 387. The first-order valence-electron chi connectivity index (χ1n) is 5.76.